The smallest absolute Gasteiger partial charge is 0.462 e. The standard InChI is InChI=1S/C38H66O14P2/c1-4-5-19-25-34(39)26-21-16-11-9-7-6-8-10-12-17-22-27-37(41)48-31-36(52-38(42)28-23-18-14-13-15-20-24-33(2)3)32-51-54(46,47)50-30-35(40)29-49-53(43,44)45/h6-7,10-12,16,21,26,33,35-36,40H,4-5,8-9,13-15,17-20,22-25,27-32H2,1-3H3,(H,46,47)(H2,43,44,45)/b7-6-,12-10-,16-11-,26-21+/t35-,36+/m0/s1. The molecular formula is C38H66O14P2. The predicted molar refractivity (Wildman–Crippen MR) is 207 cm³/mol. The summed E-state index contributed by atoms with van der Waals surface area (Å²) in [7, 11) is -9.69. The van der Waals surface area contributed by atoms with Crippen molar-refractivity contribution in [2.45, 2.75) is 142 Å². The lowest BCUT2D eigenvalue weighted by atomic mass is 10.0. The second-order valence-electron chi connectivity index (χ2n) is 13.4. The summed E-state index contributed by atoms with van der Waals surface area (Å²) in [5.41, 5.74) is 0. The summed E-state index contributed by atoms with van der Waals surface area (Å²) in [5.74, 6) is -0.318. The number of esters is 2. The van der Waals surface area contributed by atoms with Crippen molar-refractivity contribution in [1.82, 2.24) is 0 Å². The van der Waals surface area contributed by atoms with Gasteiger partial charge >= 0.3 is 27.6 Å². The maximum absolute atomic E-state index is 12.5. The lowest BCUT2D eigenvalue weighted by Crippen LogP contribution is -2.30. The van der Waals surface area contributed by atoms with E-state index in [1.165, 1.54) is 12.8 Å². The number of hydrogen-bond acceptors (Lipinski definition) is 11. The Bertz CT molecular complexity index is 1220. The molecule has 0 aliphatic rings. The summed E-state index contributed by atoms with van der Waals surface area (Å²) < 4.78 is 47.4. The normalized spacial score (nSPS) is 14.7. The van der Waals surface area contributed by atoms with Crippen LogP contribution in [0.15, 0.2) is 48.6 Å². The van der Waals surface area contributed by atoms with Crippen LogP contribution in [0.3, 0.4) is 0 Å². The maximum Gasteiger partial charge on any atom is 0.472 e. The number of ketones is 1. The minimum absolute atomic E-state index is 0.0917. The zero-order valence-electron chi connectivity index (χ0n) is 32.5. The highest BCUT2D eigenvalue weighted by atomic mass is 31.2. The molecule has 0 bridgehead atoms. The van der Waals surface area contributed by atoms with Crippen LogP contribution in [0, 0.1) is 5.92 Å². The molecule has 14 nitrogen and oxygen atoms in total. The Labute approximate surface area is 322 Å². The Morgan fingerprint density at radius 1 is 0.648 bits per heavy atom. The van der Waals surface area contributed by atoms with Gasteiger partial charge in [-0.25, -0.2) is 9.13 Å². The summed E-state index contributed by atoms with van der Waals surface area (Å²) in [6, 6.07) is 0. The number of rotatable bonds is 35. The number of aliphatic hydroxyl groups excluding tert-OH is 1. The SMILES string of the molecule is CCCCCC(=O)/C=C/C=C\C/C=C\C/C=C\CCCC(=O)OC[C@H](COP(=O)(O)OC[C@@H](O)COP(=O)(O)O)OC(=O)CCCCCCCCC(C)C. The van der Waals surface area contributed by atoms with Gasteiger partial charge in [-0.05, 0) is 50.5 Å². The van der Waals surface area contributed by atoms with E-state index in [2.05, 4.69) is 29.8 Å². The number of hydrogen-bond donors (Lipinski definition) is 4. The fourth-order valence-corrected chi connectivity index (χ4v) is 5.81. The highest BCUT2D eigenvalue weighted by molar-refractivity contribution is 7.47. The second kappa shape index (κ2) is 32.9. The van der Waals surface area contributed by atoms with Gasteiger partial charge in [-0.2, -0.15) is 0 Å². The molecule has 0 amide bonds. The van der Waals surface area contributed by atoms with E-state index in [0.29, 0.717) is 31.6 Å². The van der Waals surface area contributed by atoms with Crippen molar-refractivity contribution in [1.29, 1.82) is 0 Å². The molecule has 312 valence electrons. The molecule has 0 aliphatic carbocycles. The number of phosphoric acid groups is 2. The number of carbonyl (C=O) groups is 3. The first-order chi connectivity index (χ1) is 25.6. The van der Waals surface area contributed by atoms with Crippen LogP contribution in [0.2, 0.25) is 0 Å². The molecule has 54 heavy (non-hydrogen) atoms. The van der Waals surface area contributed by atoms with Gasteiger partial charge < -0.3 is 29.3 Å². The van der Waals surface area contributed by atoms with Crippen molar-refractivity contribution in [3.05, 3.63) is 48.6 Å². The van der Waals surface area contributed by atoms with Gasteiger partial charge in [-0.1, -0.05) is 115 Å². The molecule has 0 aliphatic heterocycles. The Hall–Kier alpha value is -2.25. The predicted octanol–water partition coefficient (Wildman–Crippen LogP) is 8.15. The van der Waals surface area contributed by atoms with Gasteiger partial charge in [0.1, 0.15) is 12.7 Å². The summed E-state index contributed by atoms with van der Waals surface area (Å²) in [6.07, 6.45) is 25.8. The number of unbranched alkanes of at least 4 members (excludes halogenated alkanes) is 8. The van der Waals surface area contributed by atoms with Gasteiger partial charge in [0.25, 0.3) is 0 Å². The minimum atomic E-state index is -4.87. The van der Waals surface area contributed by atoms with Crippen molar-refractivity contribution in [2.75, 3.05) is 26.4 Å². The molecule has 1 unspecified atom stereocenters. The van der Waals surface area contributed by atoms with Crippen LogP contribution in [0.1, 0.15) is 130 Å². The zero-order valence-corrected chi connectivity index (χ0v) is 34.3. The van der Waals surface area contributed by atoms with Gasteiger partial charge in [-0.15, -0.1) is 0 Å². The van der Waals surface area contributed by atoms with E-state index in [9.17, 15) is 33.5 Å². The average molecular weight is 809 g/mol. The molecule has 0 spiro atoms. The summed E-state index contributed by atoms with van der Waals surface area (Å²) in [6.45, 7) is 3.67. The van der Waals surface area contributed by atoms with Gasteiger partial charge in [0.05, 0.1) is 19.8 Å². The van der Waals surface area contributed by atoms with Crippen molar-refractivity contribution in [3.8, 4) is 0 Å². The van der Waals surface area contributed by atoms with Gasteiger partial charge in [-0.3, -0.25) is 28.0 Å². The van der Waals surface area contributed by atoms with Crippen molar-refractivity contribution >= 4 is 33.4 Å². The Balaban J connectivity index is 4.68. The molecule has 16 heteroatoms. The Morgan fingerprint density at radius 2 is 1.24 bits per heavy atom. The summed E-state index contributed by atoms with van der Waals surface area (Å²) >= 11 is 0. The van der Waals surface area contributed by atoms with Crippen LogP contribution in [0.25, 0.3) is 0 Å². The van der Waals surface area contributed by atoms with Gasteiger partial charge in [0, 0.05) is 19.3 Å². The third-order valence-corrected chi connectivity index (χ3v) is 9.05. The molecule has 0 fully saturated rings. The van der Waals surface area contributed by atoms with Crippen molar-refractivity contribution in [3.63, 3.8) is 0 Å². The molecule has 4 N–H and O–H groups in total. The highest BCUT2D eigenvalue weighted by Gasteiger charge is 2.28. The lowest BCUT2D eigenvalue weighted by Gasteiger charge is -2.20. The minimum Gasteiger partial charge on any atom is -0.462 e. The van der Waals surface area contributed by atoms with E-state index >= 15 is 0 Å². The molecule has 0 saturated heterocycles. The quantitative estimate of drug-likeness (QED) is 0.0119. The van der Waals surface area contributed by atoms with Gasteiger partial charge in [0.2, 0.25) is 0 Å². The van der Waals surface area contributed by atoms with Crippen molar-refractivity contribution < 1.29 is 66.3 Å². The fraction of sp³-hybridized carbons (Fsp3) is 0.711. The largest absolute Gasteiger partial charge is 0.472 e. The van der Waals surface area contributed by atoms with E-state index in [0.717, 1.165) is 57.8 Å². The van der Waals surface area contributed by atoms with Crippen LogP contribution in [0.4, 0.5) is 0 Å². The molecule has 0 aromatic rings. The molecule has 0 aromatic carbocycles. The number of carbonyl (C=O) groups excluding carboxylic acids is 3. The highest BCUT2D eigenvalue weighted by Crippen LogP contribution is 2.43. The van der Waals surface area contributed by atoms with Gasteiger partial charge in [0.15, 0.2) is 11.9 Å². The third-order valence-electron chi connectivity index (χ3n) is 7.61. The van der Waals surface area contributed by atoms with Crippen LogP contribution in [-0.2, 0) is 46.6 Å². The second-order valence-corrected chi connectivity index (χ2v) is 16.1. The van der Waals surface area contributed by atoms with E-state index in [1.807, 2.05) is 36.5 Å². The molecule has 0 saturated carbocycles. The summed E-state index contributed by atoms with van der Waals surface area (Å²) in [4.78, 5) is 64.0. The van der Waals surface area contributed by atoms with E-state index in [1.54, 1.807) is 12.2 Å². The fourth-order valence-electron chi connectivity index (χ4n) is 4.65. The number of aliphatic hydroxyl groups is 1. The number of ether oxygens (including phenoxy) is 2. The van der Waals surface area contributed by atoms with Crippen LogP contribution in [0.5, 0.6) is 0 Å². The summed E-state index contributed by atoms with van der Waals surface area (Å²) in [5, 5.41) is 9.70. The monoisotopic (exact) mass is 808 g/mol. The maximum atomic E-state index is 12.5. The Kier molecular flexibility index (Phi) is 31.6. The average Bonchev–Trinajstić information content (AvgIpc) is 3.10. The molecular weight excluding hydrogens is 742 g/mol. The Morgan fingerprint density at radius 3 is 1.93 bits per heavy atom. The molecule has 0 rings (SSSR count). The molecule has 0 radical (unpaired) electrons. The third kappa shape index (κ3) is 36.7. The van der Waals surface area contributed by atoms with E-state index in [-0.39, 0.29) is 18.6 Å². The van der Waals surface area contributed by atoms with Crippen LogP contribution < -0.4 is 0 Å². The first kappa shape index (κ1) is 51.8. The van der Waals surface area contributed by atoms with Crippen LogP contribution in [-0.4, -0.2) is 76.1 Å². The zero-order chi connectivity index (χ0) is 40.5. The van der Waals surface area contributed by atoms with Crippen LogP contribution >= 0.6 is 15.6 Å². The number of allylic oxidation sites excluding steroid dienone is 8. The lowest BCUT2D eigenvalue weighted by molar-refractivity contribution is -0.161. The van der Waals surface area contributed by atoms with E-state index in [4.69, 9.17) is 23.8 Å². The topological polar surface area (TPSA) is 212 Å². The first-order valence-electron chi connectivity index (χ1n) is 19.1. The molecule has 0 heterocycles. The van der Waals surface area contributed by atoms with Crippen molar-refractivity contribution in [2.24, 2.45) is 5.92 Å². The van der Waals surface area contributed by atoms with E-state index < -0.39 is 66.2 Å². The number of phosphoric ester groups is 2. The molecule has 0 aromatic heterocycles. The molecule has 3 atom stereocenters. The first-order valence-corrected chi connectivity index (χ1v) is 22.2.